The molecule has 2 aromatic rings. The van der Waals surface area contributed by atoms with Gasteiger partial charge in [-0.1, -0.05) is 6.07 Å². The summed E-state index contributed by atoms with van der Waals surface area (Å²) < 4.78 is 7.59. The molecule has 0 aliphatic heterocycles. The van der Waals surface area contributed by atoms with Crippen molar-refractivity contribution < 1.29 is 4.74 Å². The minimum Gasteiger partial charge on any atom is -0.492 e. The van der Waals surface area contributed by atoms with Gasteiger partial charge in [-0.3, -0.25) is 0 Å². The standard InChI is InChI=1S/C12H17N3OS/c1-3-16-10-6-4-5-9-11(10)14-12(13)15(9)7-8-17-2/h4-6H,3,7-8H2,1-2H3,(H2,13,14). The average molecular weight is 251 g/mol. The van der Waals surface area contributed by atoms with Crippen LogP contribution in [-0.4, -0.2) is 28.2 Å². The van der Waals surface area contributed by atoms with Crippen molar-refractivity contribution in [2.45, 2.75) is 13.5 Å². The maximum Gasteiger partial charge on any atom is 0.201 e. The Morgan fingerprint density at radius 2 is 2.29 bits per heavy atom. The minimum atomic E-state index is 0.557. The highest BCUT2D eigenvalue weighted by molar-refractivity contribution is 7.98. The van der Waals surface area contributed by atoms with Gasteiger partial charge >= 0.3 is 0 Å². The number of nitrogens with zero attached hydrogens (tertiary/aromatic N) is 2. The molecule has 2 N–H and O–H groups in total. The van der Waals surface area contributed by atoms with Gasteiger partial charge in [0.05, 0.1) is 12.1 Å². The van der Waals surface area contributed by atoms with Gasteiger partial charge in [-0.25, -0.2) is 4.98 Å². The number of ether oxygens (including phenoxy) is 1. The lowest BCUT2D eigenvalue weighted by Gasteiger charge is -2.06. The molecule has 5 heteroatoms. The van der Waals surface area contributed by atoms with Gasteiger partial charge in [0.25, 0.3) is 0 Å². The van der Waals surface area contributed by atoms with Crippen LogP contribution < -0.4 is 10.5 Å². The Kier molecular flexibility index (Phi) is 3.78. The fourth-order valence-corrected chi connectivity index (χ4v) is 2.19. The zero-order valence-corrected chi connectivity index (χ0v) is 11.0. The van der Waals surface area contributed by atoms with E-state index in [9.17, 15) is 0 Å². The number of fused-ring (bicyclic) bond motifs is 1. The number of anilines is 1. The highest BCUT2D eigenvalue weighted by atomic mass is 32.2. The molecule has 0 aliphatic carbocycles. The number of hydrogen-bond donors (Lipinski definition) is 1. The Hall–Kier alpha value is -1.36. The number of nitrogen functional groups attached to an aromatic ring is 1. The van der Waals surface area contributed by atoms with Crippen molar-refractivity contribution >= 4 is 28.7 Å². The molecule has 0 spiro atoms. The Morgan fingerprint density at radius 3 is 3.00 bits per heavy atom. The van der Waals surface area contributed by atoms with E-state index in [0.717, 1.165) is 29.1 Å². The summed E-state index contributed by atoms with van der Waals surface area (Å²) in [6.45, 7) is 3.47. The Bertz CT molecular complexity index is 510. The summed E-state index contributed by atoms with van der Waals surface area (Å²) in [4.78, 5) is 4.39. The van der Waals surface area contributed by atoms with Crippen molar-refractivity contribution in [1.82, 2.24) is 9.55 Å². The van der Waals surface area contributed by atoms with E-state index in [1.54, 1.807) is 11.8 Å². The van der Waals surface area contributed by atoms with Gasteiger partial charge < -0.3 is 15.0 Å². The van der Waals surface area contributed by atoms with Crippen molar-refractivity contribution in [2.24, 2.45) is 0 Å². The van der Waals surface area contributed by atoms with Crippen LogP contribution >= 0.6 is 11.8 Å². The SMILES string of the molecule is CCOc1cccc2c1nc(N)n2CCSC. The van der Waals surface area contributed by atoms with Gasteiger partial charge in [0.15, 0.2) is 0 Å². The lowest BCUT2D eigenvalue weighted by Crippen LogP contribution is -2.04. The molecule has 0 bridgehead atoms. The number of benzene rings is 1. The van der Waals surface area contributed by atoms with Crippen LogP contribution in [0.15, 0.2) is 18.2 Å². The number of imidazole rings is 1. The normalized spacial score (nSPS) is 10.9. The van der Waals surface area contributed by atoms with E-state index < -0.39 is 0 Å². The summed E-state index contributed by atoms with van der Waals surface area (Å²) in [5.74, 6) is 2.38. The minimum absolute atomic E-state index is 0.557. The van der Waals surface area contributed by atoms with E-state index in [4.69, 9.17) is 10.5 Å². The molecule has 0 saturated heterocycles. The number of aromatic nitrogens is 2. The monoisotopic (exact) mass is 251 g/mol. The Morgan fingerprint density at radius 1 is 1.47 bits per heavy atom. The molecule has 0 amide bonds. The molecule has 0 unspecified atom stereocenters. The summed E-state index contributed by atoms with van der Waals surface area (Å²) in [6.07, 6.45) is 2.08. The van der Waals surface area contributed by atoms with Crippen LogP contribution in [0.25, 0.3) is 11.0 Å². The molecule has 0 radical (unpaired) electrons. The summed E-state index contributed by atoms with van der Waals surface area (Å²) in [5.41, 5.74) is 7.84. The van der Waals surface area contributed by atoms with Crippen LogP contribution in [0, 0.1) is 0 Å². The third kappa shape index (κ3) is 2.34. The molecule has 1 aromatic carbocycles. The van der Waals surface area contributed by atoms with Gasteiger partial charge in [0, 0.05) is 12.3 Å². The van der Waals surface area contributed by atoms with Gasteiger partial charge in [0.1, 0.15) is 11.3 Å². The van der Waals surface area contributed by atoms with Crippen LogP contribution in [0.4, 0.5) is 5.95 Å². The number of aryl methyl sites for hydroxylation is 1. The molecule has 92 valence electrons. The highest BCUT2D eigenvalue weighted by Crippen LogP contribution is 2.27. The molecule has 17 heavy (non-hydrogen) atoms. The summed E-state index contributed by atoms with van der Waals surface area (Å²) in [5, 5.41) is 0. The molecule has 0 atom stereocenters. The first-order valence-electron chi connectivity index (χ1n) is 5.64. The van der Waals surface area contributed by atoms with Crippen LogP contribution in [0.3, 0.4) is 0 Å². The number of rotatable bonds is 5. The van der Waals surface area contributed by atoms with Crippen molar-refractivity contribution in [1.29, 1.82) is 0 Å². The molecular weight excluding hydrogens is 234 g/mol. The third-order valence-electron chi connectivity index (χ3n) is 2.59. The van der Waals surface area contributed by atoms with Crippen molar-refractivity contribution in [2.75, 3.05) is 24.3 Å². The number of para-hydroxylation sites is 1. The number of thioether (sulfide) groups is 1. The number of hydrogen-bond acceptors (Lipinski definition) is 4. The van der Waals surface area contributed by atoms with Gasteiger partial charge in [-0.2, -0.15) is 11.8 Å². The smallest absolute Gasteiger partial charge is 0.201 e. The first-order valence-corrected chi connectivity index (χ1v) is 7.03. The van der Waals surface area contributed by atoms with Crippen LogP contribution in [0.1, 0.15) is 6.92 Å². The van der Waals surface area contributed by atoms with Gasteiger partial charge in [-0.15, -0.1) is 0 Å². The van der Waals surface area contributed by atoms with Crippen LogP contribution in [0.2, 0.25) is 0 Å². The lowest BCUT2D eigenvalue weighted by molar-refractivity contribution is 0.343. The maximum absolute atomic E-state index is 5.95. The average Bonchev–Trinajstić information content (AvgIpc) is 2.64. The molecule has 0 saturated carbocycles. The predicted molar refractivity (Wildman–Crippen MR) is 73.7 cm³/mol. The largest absolute Gasteiger partial charge is 0.492 e. The second-order valence-electron chi connectivity index (χ2n) is 3.67. The topological polar surface area (TPSA) is 53.1 Å². The summed E-state index contributed by atoms with van der Waals surface area (Å²) in [6, 6.07) is 5.93. The molecule has 2 rings (SSSR count). The van der Waals surface area contributed by atoms with E-state index in [-0.39, 0.29) is 0 Å². The second kappa shape index (κ2) is 5.31. The Labute approximate surface area is 105 Å². The predicted octanol–water partition coefficient (Wildman–Crippen LogP) is 2.38. The molecular formula is C12H17N3OS. The fourth-order valence-electron chi connectivity index (χ4n) is 1.83. The van der Waals surface area contributed by atoms with E-state index in [2.05, 4.69) is 11.2 Å². The third-order valence-corrected chi connectivity index (χ3v) is 3.18. The van der Waals surface area contributed by atoms with Crippen molar-refractivity contribution in [3.63, 3.8) is 0 Å². The zero-order chi connectivity index (χ0) is 12.3. The molecule has 0 aliphatic rings. The van der Waals surface area contributed by atoms with Gasteiger partial charge in [-0.05, 0) is 25.3 Å². The fraction of sp³-hybridized carbons (Fsp3) is 0.417. The van der Waals surface area contributed by atoms with E-state index in [0.29, 0.717) is 12.6 Å². The van der Waals surface area contributed by atoms with Crippen molar-refractivity contribution in [3.8, 4) is 5.75 Å². The molecule has 4 nitrogen and oxygen atoms in total. The molecule has 1 heterocycles. The van der Waals surface area contributed by atoms with E-state index in [1.165, 1.54) is 0 Å². The molecule has 0 fully saturated rings. The van der Waals surface area contributed by atoms with Crippen LogP contribution in [0.5, 0.6) is 5.75 Å². The Balaban J connectivity index is 2.47. The highest BCUT2D eigenvalue weighted by Gasteiger charge is 2.11. The molecule has 1 aromatic heterocycles. The first-order chi connectivity index (χ1) is 8.27. The second-order valence-corrected chi connectivity index (χ2v) is 4.66. The lowest BCUT2D eigenvalue weighted by atomic mass is 10.3. The zero-order valence-electron chi connectivity index (χ0n) is 10.1. The first kappa shape index (κ1) is 12.1. The number of nitrogens with two attached hydrogens (primary N) is 1. The maximum atomic E-state index is 5.95. The van der Waals surface area contributed by atoms with Crippen LogP contribution in [-0.2, 0) is 6.54 Å². The van der Waals surface area contributed by atoms with Gasteiger partial charge in [0.2, 0.25) is 5.95 Å². The van der Waals surface area contributed by atoms with Crippen molar-refractivity contribution in [3.05, 3.63) is 18.2 Å². The summed E-state index contributed by atoms with van der Waals surface area (Å²) in [7, 11) is 0. The van der Waals surface area contributed by atoms with E-state index in [1.807, 2.05) is 29.7 Å². The summed E-state index contributed by atoms with van der Waals surface area (Å²) >= 11 is 1.80. The quantitative estimate of drug-likeness (QED) is 0.886. The van der Waals surface area contributed by atoms with E-state index >= 15 is 0 Å².